The molecule has 0 aromatic heterocycles. The van der Waals surface area contributed by atoms with E-state index in [9.17, 15) is 9.59 Å². The number of carbonyl (C=O) groups excluding carboxylic acids is 2. The van der Waals surface area contributed by atoms with Crippen molar-refractivity contribution in [3.8, 4) is 0 Å². The van der Waals surface area contributed by atoms with Gasteiger partial charge in [-0.15, -0.1) is 0 Å². The first kappa shape index (κ1) is 14.6. The Kier molecular flexibility index (Phi) is 5.16. The lowest BCUT2D eigenvalue weighted by Crippen LogP contribution is -2.45. The monoisotopic (exact) mass is 274 g/mol. The first-order valence-corrected chi connectivity index (χ1v) is 7.33. The van der Waals surface area contributed by atoms with Crippen molar-refractivity contribution in [3.05, 3.63) is 35.9 Å². The lowest BCUT2D eigenvalue weighted by Gasteiger charge is -2.23. The van der Waals surface area contributed by atoms with Crippen molar-refractivity contribution in [1.29, 1.82) is 0 Å². The molecular formula is C16H22N2O2. The number of benzene rings is 1. The van der Waals surface area contributed by atoms with Crippen molar-refractivity contribution < 1.29 is 9.59 Å². The van der Waals surface area contributed by atoms with Gasteiger partial charge in [-0.1, -0.05) is 37.3 Å². The molecule has 0 saturated carbocycles. The highest BCUT2D eigenvalue weighted by Crippen LogP contribution is 2.19. The van der Waals surface area contributed by atoms with E-state index in [2.05, 4.69) is 5.32 Å². The van der Waals surface area contributed by atoms with Gasteiger partial charge in [0.15, 0.2) is 0 Å². The molecule has 1 aromatic carbocycles. The lowest BCUT2D eigenvalue weighted by molar-refractivity contribution is -0.138. The van der Waals surface area contributed by atoms with Gasteiger partial charge in [0, 0.05) is 19.5 Å². The number of amides is 2. The van der Waals surface area contributed by atoms with Crippen molar-refractivity contribution in [2.24, 2.45) is 0 Å². The van der Waals surface area contributed by atoms with Crippen LogP contribution in [0, 0.1) is 0 Å². The Morgan fingerprint density at radius 2 is 2.05 bits per heavy atom. The van der Waals surface area contributed by atoms with E-state index in [0.717, 1.165) is 24.8 Å². The minimum absolute atomic E-state index is 0.0317. The summed E-state index contributed by atoms with van der Waals surface area (Å²) in [4.78, 5) is 26.0. The van der Waals surface area contributed by atoms with Crippen LogP contribution in [0.4, 0.5) is 0 Å². The summed E-state index contributed by atoms with van der Waals surface area (Å²) in [5.41, 5.74) is 1.07. The van der Waals surface area contributed by atoms with Crippen LogP contribution in [0.2, 0.25) is 0 Å². The highest BCUT2D eigenvalue weighted by molar-refractivity contribution is 5.88. The Hall–Kier alpha value is -1.84. The van der Waals surface area contributed by atoms with Gasteiger partial charge >= 0.3 is 0 Å². The van der Waals surface area contributed by atoms with Crippen LogP contribution in [0.15, 0.2) is 30.3 Å². The van der Waals surface area contributed by atoms with Gasteiger partial charge in [-0.2, -0.15) is 0 Å². The third kappa shape index (κ3) is 3.59. The zero-order valence-electron chi connectivity index (χ0n) is 12.0. The molecule has 4 heteroatoms. The molecule has 1 aliphatic heterocycles. The Morgan fingerprint density at radius 1 is 1.30 bits per heavy atom. The minimum atomic E-state index is -0.280. The summed E-state index contributed by atoms with van der Waals surface area (Å²) >= 11 is 0. The average Bonchev–Trinajstić information content (AvgIpc) is 2.96. The van der Waals surface area contributed by atoms with Crippen LogP contribution in [0.25, 0.3) is 0 Å². The van der Waals surface area contributed by atoms with E-state index in [1.807, 2.05) is 37.3 Å². The predicted octanol–water partition coefficient (Wildman–Crippen LogP) is 2.09. The molecule has 1 aliphatic rings. The zero-order chi connectivity index (χ0) is 14.4. The van der Waals surface area contributed by atoms with E-state index < -0.39 is 0 Å². The van der Waals surface area contributed by atoms with Gasteiger partial charge in [0.05, 0.1) is 0 Å². The van der Waals surface area contributed by atoms with Crippen LogP contribution < -0.4 is 5.32 Å². The molecule has 0 radical (unpaired) electrons. The Labute approximate surface area is 120 Å². The summed E-state index contributed by atoms with van der Waals surface area (Å²) in [6.07, 6.45) is 3.05. The molecule has 1 fully saturated rings. The Morgan fingerprint density at radius 3 is 2.75 bits per heavy atom. The molecular weight excluding hydrogens is 252 g/mol. The first-order valence-electron chi connectivity index (χ1n) is 7.33. The molecule has 0 spiro atoms. The van der Waals surface area contributed by atoms with Crippen molar-refractivity contribution in [2.45, 2.75) is 45.2 Å². The third-order valence-electron chi connectivity index (χ3n) is 3.65. The van der Waals surface area contributed by atoms with Crippen LogP contribution >= 0.6 is 0 Å². The summed E-state index contributed by atoms with van der Waals surface area (Å²) in [5, 5.41) is 2.94. The van der Waals surface area contributed by atoms with E-state index in [1.54, 1.807) is 4.90 Å². The quantitative estimate of drug-likeness (QED) is 0.894. The van der Waals surface area contributed by atoms with E-state index in [4.69, 9.17) is 0 Å². The molecule has 108 valence electrons. The molecule has 2 rings (SSSR count). The van der Waals surface area contributed by atoms with Crippen LogP contribution in [-0.2, 0) is 16.1 Å². The molecule has 1 N–H and O–H groups in total. The molecule has 0 aliphatic carbocycles. The van der Waals surface area contributed by atoms with Crippen molar-refractivity contribution in [3.63, 3.8) is 0 Å². The molecule has 0 bridgehead atoms. The van der Waals surface area contributed by atoms with Crippen LogP contribution in [0.1, 0.15) is 38.2 Å². The number of hydrogen-bond donors (Lipinski definition) is 1. The van der Waals surface area contributed by atoms with E-state index >= 15 is 0 Å². The van der Waals surface area contributed by atoms with Crippen LogP contribution in [-0.4, -0.2) is 29.3 Å². The number of hydrogen-bond acceptors (Lipinski definition) is 2. The minimum Gasteiger partial charge on any atom is -0.350 e. The summed E-state index contributed by atoms with van der Waals surface area (Å²) in [6.45, 7) is 3.21. The van der Waals surface area contributed by atoms with Crippen molar-refractivity contribution >= 4 is 11.8 Å². The molecule has 20 heavy (non-hydrogen) atoms. The predicted molar refractivity (Wildman–Crippen MR) is 77.9 cm³/mol. The number of rotatable bonds is 5. The Bertz CT molecular complexity index is 459. The summed E-state index contributed by atoms with van der Waals surface area (Å²) < 4.78 is 0. The maximum Gasteiger partial charge on any atom is 0.243 e. The summed E-state index contributed by atoms with van der Waals surface area (Å²) in [7, 11) is 0. The van der Waals surface area contributed by atoms with Crippen LogP contribution in [0.5, 0.6) is 0 Å². The number of likely N-dealkylation sites (tertiary alicyclic amines) is 1. The third-order valence-corrected chi connectivity index (χ3v) is 3.65. The fraction of sp³-hybridized carbons (Fsp3) is 0.500. The van der Waals surface area contributed by atoms with Gasteiger partial charge in [0.1, 0.15) is 6.04 Å². The van der Waals surface area contributed by atoms with Crippen LogP contribution in [0.3, 0.4) is 0 Å². The summed E-state index contributed by atoms with van der Waals surface area (Å²) in [5.74, 6) is 0.0701. The topological polar surface area (TPSA) is 49.4 Å². The van der Waals surface area contributed by atoms with Gasteiger partial charge in [-0.3, -0.25) is 9.59 Å². The normalized spacial score (nSPS) is 18.1. The highest BCUT2D eigenvalue weighted by atomic mass is 16.2. The molecule has 4 nitrogen and oxygen atoms in total. The lowest BCUT2D eigenvalue weighted by atomic mass is 10.1. The fourth-order valence-corrected chi connectivity index (χ4v) is 2.60. The highest BCUT2D eigenvalue weighted by Gasteiger charge is 2.33. The fourth-order valence-electron chi connectivity index (χ4n) is 2.60. The second-order valence-electron chi connectivity index (χ2n) is 5.20. The largest absolute Gasteiger partial charge is 0.350 e. The SMILES string of the molecule is CCCC(=O)N1CCC[C@@H]1C(=O)NCc1ccccc1. The number of nitrogens with one attached hydrogen (secondary N) is 1. The maximum absolute atomic E-state index is 12.2. The molecule has 1 heterocycles. The first-order chi connectivity index (χ1) is 9.72. The molecule has 0 unspecified atom stereocenters. The smallest absolute Gasteiger partial charge is 0.243 e. The molecule has 1 atom stereocenters. The summed E-state index contributed by atoms with van der Waals surface area (Å²) in [6, 6.07) is 9.54. The molecule has 2 amide bonds. The average molecular weight is 274 g/mol. The van der Waals surface area contributed by atoms with Gasteiger partial charge < -0.3 is 10.2 Å². The zero-order valence-corrected chi connectivity index (χ0v) is 12.0. The maximum atomic E-state index is 12.2. The second-order valence-corrected chi connectivity index (χ2v) is 5.20. The number of carbonyl (C=O) groups is 2. The van der Waals surface area contributed by atoms with Gasteiger partial charge in [0.25, 0.3) is 0 Å². The van der Waals surface area contributed by atoms with E-state index in [0.29, 0.717) is 19.5 Å². The van der Waals surface area contributed by atoms with E-state index in [-0.39, 0.29) is 17.9 Å². The molecule has 1 saturated heterocycles. The van der Waals surface area contributed by atoms with Gasteiger partial charge in [-0.05, 0) is 24.8 Å². The van der Waals surface area contributed by atoms with Gasteiger partial charge in [-0.25, -0.2) is 0 Å². The van der Waals surface area contributed by atoms with Gasteiger partial charge in [0.2, 0.25) is 11.8 Å². The molecule has 1 aromatic rings. The van der Waals surface area contributed by atoms with Crippen molar-refractivity contribution in [2.75, 3.05) is 6.54 Å². The Balaban J connectivity index is 1.89. The van der Waals surface area contributed by atoms with Crippen molar-refractivity contribution in [1.82, 2.24) is 10.2 Å². The van der Waals surface area contributed by atoms with E-state index in [1.165, 1.54) is 0 Å². The number of nitrogens with zero attached hydrogens (tertiary/aromatic N) is 1. The standard InChI is InChI=1S/C16H22N2O2/c1-2-7-15(19)18-11-6-10-14(18)16(20)17-12-13-8-4-3-5-9-13/h3-5,8-9,14H,2,6-7,10-12H2,1H3,(H,17,20)/t14-/m1/s1. The second kappa shape index (κ2) is 7.08.